The van der Waals surface area contributed by atoms with Gasteiger partial charge in [0.05, 0.1) is 16.8 Å². The number of hydrogen-bond acceptors (Lipinski definition) is 3. The molecule has 2 aromatic carbocycles. The van der Waals surface area contributed by atoms with Crippen molar-refractivity contribution >= 4 is 45.7 Å². The van der Waals surface area contributed by atoms with Crippen LogP contribution in [0, 0.1) is 0 Å². The topological polar surface area (TPSA) is 45.2 Å². The van der Waals surface area contributed by atoms with Gasteiger partial charge >= 0.3 is 0 Å². The third-order valence-corrected chi connectivity index (χ3v) is 5.13. The lowest BCUT2D eigenvalue weighted by molar-refractivity contribution is 0.0773. The predicted molar refractivity (Wildman–Crippen MR) is 113 cm³/mol. The number of fused-ring (bicyclic) bond motifs is 1. The van der Waals surface area contributed by atoms with E-state index in [1.54, 1.807) is 17.2 Å². The van der Waals surface area contributed by atoms with Gasteiger partial charge < -0.3 is 10.2 Å². The second-order valence-electron chi connectivity index (χ2n) is 6.13. The maximum atomic E-state index is 13.0. The summed E-state index contributed by atoms with van der Waals surface area (Å²) in [7, 11) is 0. The number of carbonyl (C=O) groups is 1. The molecule has 3 rings (SSSR count). The minimum atomic E-state index is -0.0592. The van der Waals surface area contributed by atoms with Gasteiger partial charge in [-0.25, -0.2) is 0 Å². The largest absolute Gasteiger partial charge is 0.380 e. The van der Waals surface area contributed by atoms with Gasteiger partial charge in [-0.15, -0.1) is 0 Å². The molecule has 4 nitrogen and oxygen atoms in total. The molecule has 0 atom stereocenters. The normalized spacial score (nSPS) is 10.8. The van der Waals surface area contributed by atoms with Crippen molar-refractivity contribution in [1.29, 1.82) is 0 Å². The monoisotopic (exact) mass is 401 g/mol. The van der Waals surface area contributed by atoms with Gasteiger partial charge in [-0.1, -0.05) is 41.4 Å². The zero-order valence-corrected chi connectivity index (χ0v) is 16.8. The number of rotatable bonds is 6. The van der Waals surface area contributed by atoms with Gasteiger partial charge in [-0.05, 0) is 43.7 Å². The van der Waals surface area contributed by atoms with Gasteiger partial charge in [0.25, 0.3) is 5.91 Å². The summed E-state index contributed by atoms with van der Waals surface area (Å²) < 4.78 is 0. The van der Waals surface area contributed by atoms with Gasteiger partial charge in [0.2, 0.25) is 0 Å². The third kappa shape index (κ3) is 4.18. The summed E-state index contributed by atoms with van der Waals surface area (Å²) in [6, 6.07) is 13.1. The van der Waals surface area contributed by atoms with E-state index in [9.17, 15) is 4.79 Å². The van der Waals surface area contributed by atoms with Gasteiger partial charge in [0, 0.05) is 41.3 Å². The van der Waals surface area contributed by atoms with Crippen LogP contribution in [0.15, 0.2) is 48.7 Å². The molecule has 0 radical (unpaired) electrons. The molecule has 0 saturated heterocycles. The molecular formula is C21H21Cl2N3O. The van der Waals surface area contributed by atoms with E-state index in [1.807, 2.05) is 50.2 Å². The highest BCUT2D eigenvalue weighted by atomic mass is 35.5. The van der Waals surface area contributed by atoms with Crippen LogP contribution in [0.2, 0.25) is 10.0 Å². The Morgan fingerprint density at radius 2 is 1.85 bits per heavy atom. The lowest BCUT2D eigenvalue weighted by atomic mass is 10.1. The van der Waals surface area contributed by atoms with Crippen LogP contribution in [0.25, 0.3) is 10.9 Å². The maximum Gasteiger partial charge on any atom is 0.257 e. The highest BCUT2D eigenvalue weighted by molar-refractivity contribution is 6.32. The van der Waals surface area contributed by atoms with E-state index in [1.165, 1.54) is 0 Å². The maximum absolute atomic E-state index is 13.0. The van der Waals surface area contributed by atoms with E-state index in [0.29, 0.717) is 35.2 Å². The summed E-state index contributed by atoms with van der Waals surface area (Å²) >= 11 is 12.5. The van der Waals surface area contributed by atoms with Crippen molar-refractivity contribution in [2.75, 3.05) is 18.4 Å². The van der Waals surface area contributed by atoms with Crippen LogP contribution < -0.4 is 5.32 Å². The summed E-state index contributed by atoms with van der Waals surface area (Å²) in [5, 5.41) is 5.48. The molecule has 0 aliphatic rings. The number of aromatic nitrogens is 1. The quantitative estimate of drug-likeness (QED) is 0.581. The molecule has 1 aromatic heterocycles. The highest BCUT2D eigenvalue weighted by Gasteiger charge is 2.20. The first-order valence-electron chi connectivity index (χ1n) is 8.90. The van der Waals surface area contributed by atoms with E-state index < -0.39 is 0 Å². The molecule has 1 heterocycles. The molecule has 1 amide bonds. The van der Waals surface area contributed by atoms with Crippen LogP contribution in [0.4, 0.5) is 5.69 Å². The Hall–Kier alpha value is -2.30. The molecule has 0 bridgehead atoms. The van der Waals surface area contributed by atoms with Crippen molar-refractivity contribution in [3.63, 3.8) is 0 Å². The van der Waals surface area contributed by atoms with Crippen molar-refractivity contribution in [3.05, 3.63) is 69.8 Å². The molecule has 0 aliphatic heterocycles. The van der Waals surface area contributed by atoms with E-state index in [0.717, 1.165) is 22.2 Å². The number of halogens is 2. The number of nitrogens with zero attached hydrogens (tertiary/aromatic N) is 2. The first-order valence-corrected chi connectivity index (χ1v) is 9.65. The lowest BCUT2D eigenvalue weighted by Gasteiger charge is -2.21. The first kappa shape index (κ1) is 19.5. The molecular weight excluding hydrogens is 381 g/mol. The van der Waals surface area contributed by atoms with Gasteiger partial charge in [-0.3, -0.25) is 9.78 Å². The highest BCUT2D eigenvalue weighted by Crippen LogP contribution is 2.30. The summed E-state index contributed by atoms with van der Waals surface area (Å²) in [5.41, 5.74) is 2.98. The fraction of sp³-hybridized carbons (Fsp3) is 0.238. The third-order valence-electron chi connectivity index (χ3n) is 4.52. The number of benzene rings is 2. The Bertz CT molecular complexity index is 971. The van der Waals surface area contributed by atoms with E-state index >= 15 is 0 Å². The summed E-state index contributed by atoms with van der Waals surface area (Å²) in [6.45, 7) is 5.68. The number of pyridine rings is 1. The van der Waals surface area contributed by atoms with Crippen LogP contribution in [0.3, 0.4) is 0 Å². The van der Waals surface area contributed by atoms with Gasteiger partial charge in [-0.2, -0.15) is 0 Å². The van der Waals surface area contributed by atoms with Crippen molar-refractivity contribution in [1.82, 2.24) is 9.88 Å². The van der Waals surface area contributed by atoms with Crippen molar-refractivity contribution in [3.8, 4) is 0 Å². The fourth-order valence-corrected chi connectivity index (χ4v) is 3.40. The fourth-order valence-electron chi connectivity index (χ4n) is 3.02. The van der Waals surface area contributed by atoms with E-state index in [2.05, 4.69) is 10.3 Å². The molecule has 0 fully saturated rings. The average molecular weight is 402 g/mol. The number of amides is 1. The zero-order valence-electron chi connectivity index (χ0n) is 15.3. The lowest BCUT2D eigenvalue weighted by Crippen LogP contribution is -2.31. The Labute approximate surface area is 169 Å². The first-order chi connectivity index (χ1) is 13.0. The van der Waals surface area contributed by atoms with Crippen LogP contribution >= 0.6 is 23.2 Å². The van der Waals surface area contributed by atoms with Crippen LogP contribution in [0.1, 0.15) is 29.8 Å². The predicted octanol–water partition coefficient (Wildman–Crippen LogP) is 5.64. The number of anilines is 1. The van der Waals surface area contributed by atoms with Gasteiger partial charge in [0.15, 0.2) is 0 Å². The Morgan fingerprint density at radius 1 is 1.11 bits per heavy atom. The van der Waals surface area contributed by atoms with Crippen molar-refractivity contribution in [2.45, 2.75) is 20.4 Å². The molecule has 3 aromatic rings. The Kier molecular flexibility index (Phi) is 6.19. The second kappa shape index (κ2) is 8.59. The van der Waals surface area contributed by atoms with Crippen LogP contribution in [-0.2, 0) is 6.54 Å². The standard InChI is InChI=1S/C21H21Cl2N3O/c1-3-26(4-2)21(27)17-13-24-19-10-9-15(22)11-16(19)20(17)25-12-14-7-5-6-8-18(14)23/h5-11,13H,3-4,12H2,1-2H3,(H,24,25). The minimum Gasteiger partial charge on any atom is -0.380 e. The van der Waals surface area contributed by atoms with E-state index in [-0.39, 0.29) is 5.91 Å². The molecule has 27 heavy (non-hydrogen) atoms. The zero-order chi connectivity index (χ0) is 19.4. The molecule has 6 heteroatoms. The SMILES string of the molecule is CCN(CC)C(=O)c1cnc2ccc(Cl)cc2c1NCc1ccccc1Cl. The van der Waals surface area contributed by atoms with Crippen LogP contribution in [-0.4, -0.2) is 28.9 Å². The molecule has 0 saturated carbocycles. The van der Waals surface area contributed by atoms with Crippen molar-refractivity contribution in [2.24, 2.45) is 0 Å². The molecule has 140 valence electrons. The second-order valence-corrected chi connectivity index (χ2v) is 6.97. The van der Waals surface area contributed by atoms with Gasteiger partial charge in [0.1, 0.15) is 0 Å². The summed E-state index contributed by atoms with van der Waals surface area (Å²) in [5.74, 6) is -0.0592. The Balaban J connectivity index is 2.08. The average Bonchev–Trinajstić information content (AvgIpc) is 2.68. The summed E-state index contributed by atoms with van der Waals surface area (Å²) in [4.78, 5) is 19.2. The molecule has 0 spiro atoms. The number of nitrogens with one attached hydrogen (secondary N) is 1. The number of carbonyl (C=O) groups excluding carboxylic acids is 1. The molecule has 1 N–H and O–H groups in total. The minimum absolute atomic E-state index is 0.0592. The molecule has 0 unspecified atom stereocenters. The molecule has 0 aliphatic carbocycles. The van der Waals surface area contributed by atoms with Crippen LogP contribution in [0.5, 0.6) is 0 Å². The Morgan fingerprint density at radius 3 is 2.56 bits per heavy atom. The van der Waals surface area contributed by atoms with Crippen molar-refractivity contribution < 1.29 is 4.79 Å². The number of hydrogen-bond donors (Lipinski definition) is 1. The summed E-state index contributed by atoms with van der Waals surface area (Å²) in [6.07, 6.45) is 1.63. The smallest absolute Gasteiger partial charge is 0.257 e. The van der Waals surface area contributed by atoms with E-state index in [4.69, 9.17) is 23.2 Å².